The lowest BCUT2D eigenvalue weighted by atomic mass is 9.94. The largest absolute Gasteiger partial charge is 0.390 e. The highest BCUT2D eigenvalue weighted by Gasteiger charge is 2.28. The number of piperidine rings is 1. The lowest BCUT2D eigenvalue weighted by Gasteiger charge is -2.36. The first-order valence-corrected chi connectivity index (χ1v) is 6.70. The summed E-state index contributed by atoms with van der Waals surface area (Å²) >= 11 is 0. The first-order chi connectivity index (χ1) is 8.37. The normalized spacial score (nSPS) is 19.3. The third kappa shape index (κ3) is 2.99. The second-order valence-corrected chi connectivity index (χ2v) is 5.87. The van der Waals surface area contributed by atoms with Crippen LogP contribution in [0.25, 0.3) is 0 Å². The van der Waals surface area contributed by atoms with E-state index in [4.69, 9.17) is 0 Å². The summed E-state index contributed by atoms with van der Waals surface area (Å²) < 4.78 is 0. The van der Waals surface area contributed by atoms with E-state index in [0.29, 0.717) is 5.92 Å². The maximum Gasteiger partial charge on any atom is 0.225 e. The Morgan fingerprint density at radius 3 is 2.44 bits per heavy atom. The van der Waals surface area contributed by atoms with Crippen LogP contribution in [0.1, 0.15) is 50.9 Å². The number of rotatable bonds is 2. The van der Waals surface area contributed by atoms with Crippen molar-refractivity contribution in [3.8, 4) is 0 Å². The molecule has 1 fully saturated rings. The molecule has 2 heterocycles. The van der Waals surface area contributed by atoms with Crippen LogP contribution in [-0.4, -0.2) is 33.8 Å². The average molecular weight is 249 g/mol. The fraction of sp³-hybridized carbons (Fsp3) is 0.714. The van der Waals surface area contributed by atoms with E-state index in [2.05, 4.69) is 28.7 Å². The van der Waals surface area contributed by atoms with Crippen LogP contribution in [0.15, 0.2) is 6.07 Å². The number of nitrogens with zero attached hydrogens (tertiary/aromatic N) is 3. The molecule has 1 aliphatic rings. The second kappa shape index (κ2) is 4.84. The Labute approximate surface area is 109 Å². The Kier molecular flexibility index (Phi) is 3.57. The van der Waals surface area contributed by atoms with E-state index in [0.717, 1.165) is 43.3 Å². The number of aromatic nitrogens is 2. The number of hydrogen-bond acceptors (Lipinski definition) is 4. The molecule has 0 atom stereocenters. The molecule has 0 aromatic carbocycles. The molecule has 1 aliphatic heterocycles. The van der Waals surface area contributed by atoms with Crippen LogP contribution in [0.5, 0.6) is 0 Å². The van der Waals surface area contributed by atoms with Gasteiger partial charge in [-0.1, -0.05) is 13.8 Å². The van der Waals surface area contributed by atoms with E-state index in [9.17, 15) is 5.11 Å². The summed E-state index contributed by atoms with van der Waals surface area (Å²) in [4.78, 5) is 11.3. The third-order valence-electron chi connectivity index (χ3n) is 3.58. The van der Waals surface area contributed by atoms with Crippen molar-refractivity contribution >= 4 is 5.95 Å². The highest BCUT2D eigenvalue weighted by molar-refractivity contribution is 5.34. The van der Waals surface area contributed by atoms with Crippen molar-refractivity contribution in [1.29, 1.82) is 0 Å². The van der Waals surface area contributed by atoms with E-state index in [1.165, 1.54) is 0 Å². The minimum atomic E-state index is -0.527. The first kappa shape index (κ1) is 13.3. The van der Waals surface area contributed by atoms with Crippen molar-refractivity contribution in [3.63, 3.8) is 0 Å². The monoisotopic (exact) mass is 249 g/mol. The number of hydrogen-bond donors (Lipinski definition) is 1. The molecule has 0 aliphatic carbocycles. The van der Waals surface area contributed by atoms with Crippen LogP contribution in [0.3, 0.4) is 0 Å². The molecule has 2 rings (SSSR count). The molecule has 0 saturated carbocycles. The van der Waals surface area contributed by atoms with Gasteiger partial charge in [-0.25, -0.2) is 9.97 Å². The summed E-state index contributed by atoms with van der Waals surface area (Å²) in [5, 5.41) is 9.97. The highest BCUT2D eigenvalue weighted by Crippen LogP contribution is 2.25. The van der Waals surface area contributed by atoms with Gasteiger partial charge in [0.15, 0.2) is 0 Å². The Balaban J connectivity index is 2.19. The molecule has 1 N–H and O–H groups in total. The maximum absolute atomic E-state index is 9.97. The lowest BCUT2D eigenvalue weighted by Crippen LogP contribution is -2.43. The van der Waals surface area contributed by atoms with Crippen LogP contribution < -0.4 is 4.90 Å². The fourth-order valence-electron chi connectivity index (χ4n) is 2.20. The second-order valence-electron chi connectivity index (χ2n) is 5.87. The van der Waals surface area contributed by atoms with Gasteiger partial charge in [0.1, 0.15) is 0 Å². The van der Waals surface area contributed by atoms with E-state index in [1.54, 1.807) is 0 Å². The molecule has 0 unspecified atom stereocenters. The number of anilines is 1. The topological polar surface area (TPSA) is 49.2 Å². The van der Waals surface area contributed by atoms with Gasteiger partial charge in [0.25, 0.3) is 0 Å². The number of aliphatic hydroxyl groups is 1. The van der Waals surface area contributed by atoms with E-state index in [1.807, 2.05) is 19.9 Å². The van der Waals surface area contributed by atoms with Gasteiger partial charge in [-0.2, -0.15) is 0 Å². The summed E-state index contributed by atoms with van der Waals surface area (Å²) in [7, 11) is 0. The quantitative estimate of drug-likeness (QED) is 0.873. The molecule has 1 aromatic heterocycles. The minimum Gasteiger partial charge on any atom is -0.390 e. The predicted octanol–water partition coefficient (Wildman–Crippen LogP) is 2.26. The summed E-state index contributed by atoms with van der Waals surface area (Å²) in [5.41, 5.74) is 1.58. The zero-order valence-electron chi connectivity index (χ0n) is 11.8. The molecule has 1 saturated heterocycles. The van der Waals surface area contributed by atoms with Gasteiger partial charge in [-0.15, -0.1) is 0 Å². The Morgan fingerprint density at radius 2 is 1.89 bits per heavy atom. The zero-order valence-corrected chi connectivity index (χ0v) is 11.8. The van der Waals surface area contributed by atoms with Gasteiger partial charge in [-0.05, 0) is 38.7 Å². The first-order valence-electron chi connectivity index (χ1n) is 6.70. The highest BCUT2D eigenvalue weighted by atomic mass is 16.3. The average Bonchev–Trinajstić information content (AvgIpc) is 2.28. The van der Waals surface area contributed by atoms with E-state index >= 15 is 0 Å². The van der Waals surface area contributed by atoms with Crippen molar-refractivity contribution < 1.29 is 5.11 Å². The molecular weight excluding hydrogens is 226 g/mol. The molecule has 0 bridgehead atoms. The molecule has 0 radical (unpaired) electrons. The SMILES string of the molecule is Cc1cc(C(C)C)nc(N2CCC(C)(O)CC2)n1. The Bertz CT molecular complexity index is 419. The van der Waals surface area contributed by atoms with Crippen LogP contribution >= 0.6 is 0 Å². The molecule has 18 heavy (non-hydrogen) atoms. The predicted molar refractivity (Wildman–Crippen MR) is 72.9 cm³/mol. The smallest absolute Gasteiger partial charge is 0.225 e. The standard InChI is InChI=1S/C14H23N3O/c1-10(2)12-9-11(3)15-13(16-12)17-7-5-14(4,18)6-8-17/h9-10,18H,5-8H2,1-4H3. The summed E-state index contributed by atoms with van der Waals surface area (Å²) in [6, 6.07) is 2.05. The van der Waals surface area contributed by atoms with E-state index < -0.39 is 5.60 Å². The van der Waals surface area contributed by atoms with Crippen LogP contribution in [0.4, 0.5) is 5.95 Å². The maximum atomic E-state index is 9.97. The molecular formula is C14H23N3O. The minimum absolute atomic E-state index is 0.415. The van der Waals surface area contributed by atoms with E-state index in [-0.39, 0.29) is 0 Å². The van der Waals surface area contributed by atoms with Gasteiger partial charge in [0.05, 0.1) is 5.60 Å². The molecule has 0 amide bonds. The molecule has 100 valence electrons. The van der Waals surface area contributed by atoms with Crippen LogP contribution in [0, 0.1) is 6.92 Å². The summed E-state index contributed by atoms with van der Waals surface area (Å²) in [6.45, 7) is 9.86. The van der Waals surface area contributed by atoms with Gasteiger partial charge in [-0.3, -0.25) is 0 Å². The fourth-order valence-corrected chi connectivity index (χ4v) is 2.20. The van der Waals surface area contributed by atoms with Crippen molar-refractivity contribution in [1.82, 2.24) is 9.97 Å². The van der Waals surface area contributed by atoms with Gasteiger partial charge in [0, 0.05) is 24.5 Å². The molecule has 1 aromatic rings. The van der Waals surface area contributed by atoms with Crippen molar-refractivity contribution in [3.05, 3.63) is 17.5 Å². The van der Waals surface area contributed by atoms with Crippen molar-refractivity contribution in [2.45, 2.75) is 52.1 Å². The van der Waals surface area contributed by atoms with Crippen LogP contribution in [-0.2, 0) is 0 Å². The van der Waals surface area contributed by atoms with Gasteiger partial charge in [0.2, 0.25) is 5.95 Å². The molecule has 4 nitrogen and oxygen atoms in total. The van der Waals surface area contributed by atoms with Gasteiger partial charge < -0.3 is 10.0 Å². The Hall–Kier alpha value is -1.16. The number of aryl methyl sites for hydroxylation is 1. The molecule has 4 heteroatoms. The summed E-state index contributed by atoms with van der Waals surface area (Å²) in [6.07, 6.45) is 1.56. The van der Waals surface area contributed by atoms with Crippen molar-refractivity contribution in [2.24, 2.45) is 0 Å². The zero-order chi connectivity index (χ0) is 13.3. The third-order valence-corrected chi connectivity index (χ3v) is 3.58. The molecule has 0 spiro atoms. The van der Waals surface area contributed by atoms with Gasteiger partial charge >= 0.3 is 0 Å². The van der Waals surface area contributed by atoms with Crippen molar-refractivity contribution in [2.75, 3.05) is 18.0 Å². The summed E-state index contributed by atoms with van der Waals surface area (Å²) in [5.74, 6) is 1.23. The lowest BCUT2D eigenvalue weighted by molar-refractivity contribution is 0.0348. The Morgan fingerprint density at radius 1 is 1.28 bits per heavy atom. The van der Waals surface area contributed by atoms with Crippen LogP contribution in [0.2, 0.25) is 0 Å².